The number of nitrogens with zero attached hydrogens (tertiary/aromatic N) is 2. The van der Waals surface area contributed by atoms with Gasteiger partial charge in [0.05, 0.1) is 5.60 Å². The standard InChI is InChI=1S/C10H15F3N4OS/c1-9(18,5-19-2)4-15-7-3-6(14)16-8(17-7)10(11,12)13/h3,18H,4-5H2,1-2H3,(H3,14,15,16,17). The van der Waals surface area contributed by atoms with Crippen molar-refractivity contribution in [2.45, 2.75) is 18.7 Å². The highest BCUT2D eigenvalue weighted by atomic mass is 32.2. The summed E-state index contributed by atoms with van der Waals surface area (Å²) in [5.41, 5.74) is 4.24. The quantitative estimate of drug-likeness (QED) is 0.765. The first-order valence-corrected chi connectivity index (χ1v) is 6.70. The molecular weight excluding hydrogens is 281 g/mol. The molecule has 5 nitrogen and oxygen atoms in total. The van der Waals surface area contributed by atoms with E-state index in [9.17, 15) is 18.3 Å². The molecule has 1 unspecified atom stereocenters. The molecule has 1 aromatic heterocycles. The van der Waals surface area contributed by atoms with Crippen molar-refractivity contribution in [2.75, 3.05) is 29.6 Å². The summed E-state index contributed by atoms with van der Waals surface area (Å²) >= 11 is 1.43. The van der Waals surface area contributed by atoms with Crippen LogP contribution in [0.25, 0.3) is 0 Å². The summed E-state index contributed by atoms with van der Waals surface area (Å²) in [7, 11) is 0. The number of anilines is 2. The SMILES string of the molecule is CSCC(C)(O)CNc1cc(N)nc(C(F)(F)F)n1. The second-order valence-corrected chi connectivity index (χ2v) is 5.15. The summed E-state index contributed by atoms with van der Waals surface area (Å²) in [4.78, 5) is 6.44. The molecule has 19 heavy (non-hydrogen) atoms. The molecule has 0 fully saturated rings. The second kappa shape index (κ2) is 5.83. The highest BCUT2D eigenvalue weighted by Gasteiger charge is 2.35. The Balaban J connectivity index is 2.82. The molecule has 0 aromatic carbocycles. The molecule has 0 aliphatic heterocycles. The maximum Gasteiger partial charge on any atom is 0.451 e. The van der Waals surface area contributed by atoms with Crippen molar-refractivity contribution < 1.29 is 18.3 Å². The Morgan fingerprint density at radius 3 is 2.58 bits per heavy atom. The number of nitrogens with two attached hydrogens (primary N) is 1. The van der Waals surface area contributed by atoms with E-state index < -0.39 is 17.6 Å². The molecule has 108 valence electrons. The Morgan fingerprint density at radius 1 is 1.42 bits per heavy atom. The van der Waals surface area contributed by atoms with E-state index in [2.05, 4.69) is 15.3 Å². The third-order valence-corrected chi connectivity index (χ3v) is 3.02. The summed E-state index contributed by atoms with van der Waals surface area (Å²) in [5, 5.41) is 12.5. The topological polar surface area (TPSA) is 84.1 Å². The van der Waals surface area contributed by atoms with Crippen molar-refractivity contribution in [1.82, 2.24) is 9.97 Å². The molecule has 0 amide bonds. The van der Waals surface area contributed by atoms with Crippen LogP contribution in [-0.4, -0.2) is 39.2 Å². The van der Waals surface area contributed by atoms with Gasteiger partial charge < -0.3 is 16.2 Å². The number of hydrogen-bond donors (Lipinski definition) is 3. The summed E-state index contributed by atoms with van der Waals surface area (Å²) in [6.07, 6.45) is -2.84. The first-order chi connectivity index (χ1) is 8.64. The van der Waals surface area contributed by atoms with Gasteiger partial charge in [0.15, 0.2) is 0 Å². The minimum Gasteiger partial charge on any atom is -0.387 e. The molecule has 1 aromatic rings. The lowest BCUT2D eigenvalue weighted by Crippen LogP contribution is -2.36. The zero-order valence-corrected chi connectivity index (χ0v) is 11.3. The highest BCUT2D eigenvalue weighted by Crippen LogP contribution is 2.27. The molecule has 0 saturated heterocycles. The van der Waals surface area contributed by atoms with Crippen LogP contribution in [0.15, 0.2) is 6.07 Å². The summed E-state index contributed by atoms with van der Waals surface area (Å²) in [6, 6.07) is 1.18. The Kier molecular flexibility index (Phi) is 4.86. The number of halogens is 3. The molecule has 0 saturated carbocycles. The molecule has 4 N–H and O–H groups in total. The lowest BCUT2D eigenvalue weighted by molar-refractivity contribution is -0.144. The lowest BCUT2D eigenvalue weighted by atomic mass is 10.1. The Morgan fingerprint density at radius 2 is 2.05 bits per heavy atom. The van der Waals surface area contributed by atoms with Crippen molar-refractivity contribution in [3.63, 3.8) is 0 Å². The van der Waals surface area contributed by atoms with Gasteiger partial charge in [-0.05, 0) is 13.2 Å². The van der Waals surface area contributed by atoms with Gasteiger partial charge in [-0.2, -0.15) is 24.9 Å². The van der Waals surface area contributed by atoms with Crippen molar-refractivity contribution in [1.29, 1.82) is 0 Å². The number of thioether (sulfide) groups is 1. The van der Waals surface area contributed by atoms with Crippen molar-refractivity contribution in [2.24, 2.45) is 0 Å². The minimum absolute atomic E-state index is 0.0571. The summed E-state index contributed by atoms with van der Waals surface area (Å²) in [6.45, 7) is 1.63. The molecular formula is C10H15F3N4OS. The van der Waals surface area contributed by atoms with E-state index in [4.69, 9.17) is 5.73 Å². The number of nitrogen functional groups attached to an aromatic ring is 1. The van der Waals surface area contributed by atoms with Crippen LogP contribution in [-0.2, 0) is 6.18 Å². The second-order valence-electron chi connectivity index (χ2n) is 4.28. The maximum absolute atomic E-state index is 12.5. The fraction of sp³-hybridized carbons (Fsp3) is 0.600. The third kappa shape index (κ3) is 5.11. The van der Waals surface area contributed by atoms with Crippen LogP contribution < -0.4 is 11.1 Å². The van der Waals surface area contributed by atoms with E-state index in [0.29, 0.717) is 5.75 Å². The largest absolute Gasteiger partial charge is 0.451 e. The number of aromatic nitrogens is 2. The average molecular weight is 296 g/mol. The Hall–Kier alpha value is -1.22. The number of hydrogen-bond acceptors (Lipinski definition) is 6. The molecule has 0 aliphatic carbocycles. The zero-order valence-electron chi connectivity index (χ0n) is 10.5. The van der Waals surface area contributed by atoms with Gasteiger partial charge in [0.1, 0.15) is 11.6 Å². The highest BCUT2D eigenvalue weighted by molar-refractivity contribution is 7.98. The molecule has 0 radical (unpaired) electrons. The van der Waals surface area contributed by atoms with Gasteiger partial charge in [0.25, 0.3) is 0 Å². The van der Waals surface area contributed by atoms with E-state index in [1.165, 1.54) is 17.8 Å². The number of nitrogens with one attached hydrogen (secondary N) is 1. The molecule has 0 aliphatic rings. The molecule has 1 atom stereocenters. The molecule has 0 bridgehead atoms. The summed E-state index contributed by atoms with van der Waals surface area (Å²) in [5.74, 6) is -1.22. The van der Waals surface area contributed by atoms with Gasteiger partial charge in [-0.25, -0.2) is 9.97 Å². The minimum atomic E-state index is -4.66. The fourth-order valence-corrected chi connectivity index (χ4v) is 2.05. The third-order valence-electron chi connectivity index (χ3n) is 2.11. The molecule has 0 spiro atoms. The first-order valence-electron chi connectivity index (χ1n) is 5.31. The van der Waals surface area contributed by atoms with E-state index in [1.807, 2.05) is 6.26 Å². The average Bonchev–Trinajstić information content (AvgIpc) is 2.24. The first kappa shape index (κ1) is 15.8. The lowest BCUT2D eigenvalue weighted by Gasteiger charge is -2.23. The normalized spacial score (nSPS) is 15.1. The predicted molar refractivity (Wildman–Crippen MR) is 68.9 cm³/mol. The van der Waals surface area contributed by atoms with Crippen LogP contribution in [0.5, 0.6) is 0 Å². The van der Waals surface area contributed by atoms with Crippen LogP contribution in [0.3, 0.4) is 0 Å². The molecule has 1 rings (SSSR count). The van der Waals surface area contributed by atoms with E-state index in [0.717, 1.165) is 0 Å². The maximum atomic E-state index is 12.5. The number of rotatable bonds is 5. The van der Waals surface area contributed by atoms with Crippen molar-refractivity contribution in [3.8, 4) is 0 Å². The Bertz CT molecular complexity index is 439. The van der Waals surface area contributed by atoms with Crippen molar-refractivity contribution in [3.05, 3.63) is 11.9 Å². The van der Waals surface area contributed by atoms with Gasteiger partial charge >= 0.3 is 6.18 Å². The molecule has 9 heteroatoms. The van der Waals surface area contributed by atoms with E-state index >= 15 is 0 Å². The smallest absolute Gasteiger partial charge is 0.387 e. The predicted octanol–water partition coefficient (Wildman–Crippen LogP) is 1.60. The van der Waals surface area contributed by atoms with E-state index in [-0.39, 0.29) is 18.2 Å². The Labute approximate surface area is 112 Å². The van der Waals surface area contributed by atoms with Crippen molar-refractivity contribution >= 4 is 23.4 Å². The van der Waals surface area contributed by atoms with Gasteiger partial charge in [-0.15, -0.1) is 0 Å². The fourth-order valence-electron chi connectivity index (χ4n) is 1.33. The number of alkyl halides is 3. The molecule has 1 heterocycles. The number of aliphatic hydroxyl groups is 1. The zero-order chi connectivity index (χ0) is 14.7. The van der Waals surface area contributed by atoms with Crippen LogP contribution in [0.1, 0.15) is 12.7 Å². The summed E-state index contributed by atoms with van der Waals surface area (Å²) < 4.78 is 37.4. The van der Waals surface area contributed by atoms with Gasteiger partial charge in [-0.3, -0.25) is 0 Å². The van der Waals surface area contributed by atoms with E-state index in [1.54, 1.807) is 6.92 Å². The van der Waals surface area contributed by atoms with Crippen LogP contribution in [0, 0.1) is 0 Å². The monoisotopic (exact) mass is 296 g/mol. The van der Waals surface area contributed by atoms with Gasteiger partial charge in [-0.1, -0.05) is 0 Å². The van der Waals surface area contributed by atoms with Gasteiger partial charge in [0, 0.05) is 18.4 Å². The van der Waals surface area contributed by atoms with Crippen LogP contribution >= 0.6 is 11.8 Å². The van der Waals surface area contributed by atoms with Crippen LogP contribution in [0.4, 0.5) is 24.8 Å². The van der Waals surface area contributed by atoms with Crippen LogP contribution in [0.2, 0.25) is 0 Å². The van der Waals surface area contributed by atoms with Gasteiger partial charge in [0.2, 0.25) is 5.82 Å².